The number of carbonyl (C=O) groups is 1. The molecule has 2 rings (SSSR count). The lowest BCUT2D eigenvalue weighted by Crippen LogP contribution is -2.23. The van der Waals surface area contributed by atoms with E-state index in [9.17, 15) is 13.6 Å². The van der Waals surface area contributed by atoms with Gasteiger partial charge in [0.15, 0.2) is 0 Å². The summed E-state index contributed by atoms with van der Waals surface area (Å²) in [6, 6.07) is 6.31. The maximum Gasteiger partial charge on any atom is 0.251 e. The van der Waals surface area contributed by atoms with Crippen LogP contribution in [0.3, 0.4) is 0 Å². The molecular formula is C15H15F2N3O. The van der Waals surface area contributed by atoms with Gasteiger partial charge in [0.1, 0.15) is 17.5 Å². The zero-order valence-corrected chi connectivity index (χ0v) is 11.7. The largest absolute Gasteiger partial charge is 0.363 e. The third-order valence-electron chi connectivity index (χ3n) is 2.85. The molecular weight excluding hydrogens is 276 g/mol. The summed E-state index contributed by atoms with van der Waals surface area (Å²) in [5, 5.41) is 2.62. The number of pyridine rings is 1. The molecule has 0 bridgehead atoms. The Hall–Kier alpha value is -2.50. The first-order valence-corrected chi connectivity index (χ1v) is 6.32. The van der Waals surface area contributed by atoms with Gasteiger partial charge in [0.05, 0.1) is 0 Å². The molecule has 0 aliphatic heterocycles. The average Bonchev–Trinajstić information content (AvgIpc) is 2.44. The molecule has 0 saturated heterocycles. The van der Waals surface area contributed by atoms with Crippen molar-refractivity contribution < 1.29 is 13.6 Å². The monoisotopic (exact) mass is 291 g/mol. The summed E-state index contributed by atoms with van der Waals surface area (Å²) in [4.78, 5) is 17.9. The normalized spacial score (nSPS) is 10.3. The first-order chi connectivity index (χ1) is 9.95. The molecule has 1 aromatic heterocycles. The van der Waals surface area contributed by atoms with Crippen molar-refractivity contribution in [3.8, 4) is 0 Å². The molecule has 1 aromatic carbocycles. The molecule has 1 amide bonds. The van der Waals surface area contributed by atoms with Gasteiger partial charge in [0.25, 0.3) is 5.91 Å². The van der Waals surface area contributed by atoms with Crippen LogP contribution in [0.15, 0.2) is 36.5 Å². The van der Waals surface area contributed by atoms with Gasteiger partial charge in [-0.2, -0.15) is 0 Å². The van der Waals surface area contributed by atoms with E-state index < -0.39 is 17.5 Å². The lowest BCUT2D eigenvalue weighted by Gasteiger charge is -2.12. The van der Waals surface area contributed by atoms with Gasteiger partial charge in [-0.3, -0.25) is 4.79 Å². The van der Waals surface area contributed by atoms with Gasteiger partial charge in [0.2, 0.25) is 0 Å². The van der Waals surface area contributed by atoms with E-state index in [4.69, 9.17) is 0 Å². The summed E-state index contributed by atoms with van der Waals surface area (Å²) in [6.45, 7) is 0.250. The number of halogens is 2. The first kappa shape index (κ1) is 14.9. The van der Waals surface area contributed by atoms with Crippen molar-refractivity contribution in [2.45, 2.75) is 6.54 Å². The van der Waals surface area contributed by atoms with E-state index in [0.29, 0.717) is 0 Å². The van der Waals surface area contributed by atoms with E-state index in [-0.39, 0.29) is 12.1 Å². The minimum atomic E-state index is -0.779. The van der Waals surface area contributed by atoms with E-state index in [1.165, 1.54) is 0 Å². The summed E-state index contributed by atoms with van der Waals surface area (Å²) in [5.74, 6) is -1.33. The fourth-order valence-corrected chi connectivity index (χ4v) is 1.78. The Morgan fingerprint density at radius 1 is 1.19 bits per heavy atom. The topological polar surface area (TPSA) is 45.2 Å². The molecule has 0 aliphatic rings. The van der Waals surface area contributed by atoms with Gasteiger partial charge in [-0.05, 0) is 29.8 Å². The lowest BCUT2D eigenvalue weighted by molar-refractivity contribution is 0.0950. The van der Waals surface area contributed by atoms with Crippen LogP contribution in [0.25, 0.3) is 0 Å². The van der Waals surface area contributed by atoms with Gasteiger partial charge >= 0.3 is 0 Å². The number of hydrogen-bond acceptors (Lipinski definition) is 3. The number of aromatic nitrogens is 1. The van der Waals surface area contributed by atoms with Gasteiger partial charge in [-0.25, -0.2) is 13.8 Å². The van der Waals surface area contributed by atoms with E-state index in [1.807, 2.05) is 25.1 Å². The third kappa shape index (κ3) is 3.98. The number of hydrogen-bond donors (Lipinski definition) is 1. The van der Waals surface area contributed by atoms with Crippen molar-refractivity contribution in [1.29, 1.82) is 0 Å². The van der Waals surface area contributed by atoms with Crippen molar-refractivity contribution in [2.24, 2.45) is 0 Å². The SMILES string of the molecule is CN(C)c1cc(CNC(=O)c2cc(F)cc(F)c2)ccn1. The average molecular weight is 291 g/mol. The van der Waals surface area contributed by atoms with E-state index >= 15 is 0 Å². The zero-order valence-electron chi connectivity index (χ0n) is 11.7. The second-order valence-electron chi connectivity index (χ2n) is 4.76. The predicted octanol–water partition coefficient (Wildman–Crippen LogP) is 2.36. The Bertz CT molecular complexity index is 639. The molecule has 1 heterocycles. The summed E-state index contributed by atoms with van der Waals surface area (Å²) in [7, 11) is 3.72. The predicted molar refractivity (Wildman–Crippen MR) is 76.1 cm³/mol. The van der Waals surface area contributed by atoms with Gasteiger partial charge in [-0.15, -0.1) is 0 Å². The van der Waals surface area contributed by atoms with Crippen LogP contribution in [-0.2, 0) is 6.54 Å². The van der Waals surface area contributed by atoms with Crippen molar-refractivity contribution >= 4 is 11.7 Å². The smallest absolute Gasteiger partial charge is 0.251 e. The van der Waals surface area contributed by atoms with Crippen LogP contribution in [-0.4, -0.2) is 25.0 Å². The Morgan fingerprint density at radius 3 is 2.48 bits per heavy atom. The fraction of sp³-hybridized carbons (Fsp3) is 0.200. The molecule has 4 nitrogen and oxygen atoms in total. The molecule has 0 aliphatic carbocycles. The summed E-state index contributed by atoms with van der Waals surface area (Å²) in [5.41, 5.74) is 0.799. The van der Waals surface area contributed by atoms with Crippen LogP contribution in [0.1, 0.15) is 15.9 Å². The number of rotatable bonds is 4. The maximum atomic E-state index is 13.1. The third-order valence-corrected chi connectivity index (χ3v) is 2.85. The van der Waals surface area contributed by atoms with Crippen molar-refractivity contribution in [1.82, 2.24) is 10.3 Å². The number of nitrogens with zero attached hydrogens (tertiary/aromatic N) is 2. The molecule has 0 unspecified atom stereocenters. The van der Waals surface area contributed by atoms with E-state index in [2.05, 4.69) is 10.3 Å². The number of amides is 1. The number of nitrogens with one attached hydrogen (secondary N) is 1. The number of carbonyl (C=O) groups excluding carboxylic acids is 1. The number of benzene rings is 1. The quantitative estimate of drug-likeness (QED) is 0.940. The molecule has 21 heavy (non-hydrogen) atoms. The minimum Gasteiger partial charge on any atom is -0.363 e. The first-order valence-electron chi connectivity index (χ1n) is 6.32. The lowest BCUT2D eigenvalue weighted by atomic mass is 10.2. The molecule has 110 valence electrons. The zero-order chi connectivity index (χ0) is 15.4. The van der Waals surface area contributed by atoms with Crippen LogP contribution in [0, 0.1) is 11.6 Å². The second-order valence-corrected chi connectivity index (χ2v) is 4.76. The van der Waals surface area contributed by atoms with Crippen LogP contribution in [0.2, 0.25) is 0 Å². The van der Waals surface area contributed by atoms with Crippen LogP contribution < -0.4 is 10.2 Å². The Labute approximate surface area is 121 Å². The van der Waals surface area contributed by atoms with Crippen LogP contribution in [0.5, 0.6) is 0 Å². The Balaban J connectivity index is 2.05. The summed E-state index contributed by atoms with van der Waals surface area (Å²) < 4.78 is 26.1. The van der Waals surface area contributed by atoms with Gasteiger partial charge < -0.3 is 10.2 Å². The highest BCUT2D eigenvalue weighted by atomic mass is 19.1. The van der Waals surface area contributed by atoms with Gasteiger partial charge in [-0.1, -0.05) is 0 Å². The molecule has 0 atom stereocenters. The Morgan fingerprint density at radius 2 is 1.86 bits per heavy atom. The second kappa shape index (κ2) is 6.30. The standard InChI is InChI=1S/C15H15F2N3O/c1-20(2)14-5-10(3-4-18-14)9-19-15(21)11-6-12(16)8-13(17)7-11/h3-8H,9H2,1-2H3,(H,19,21). The maximum absolute atomic E-state index is 13.1. The number of anilines is 1. The van der Waals surface area contributed by atoms with Gasteiger partial charge in [0, 0.05) is 38.5 Å². The van der Waals surface area contributed by atoms with E-state index in [1.54, 1.807) is 12.3 Å². The summed E-state index contributed by atoms with van der Waals surface area (Å²) in [6.07, 6.45) is 1.64. The Kier molecular flexibility index (Phi) is 4.47. The fourth-order valence-electron chi connectivity index (χ4n) is 1.78. The van der Waals surface area contributed by atoms with Crippen molar-refractivity contribution in [2.75, 3.05) is 19.0 Å². The minimum absolute atomic E-state index is 0.0469. The van der Waals surface area contributed by atoms with Crippen molar-refractivity contribution in [3.63, 3.8) is 0 Å². The highest BCUT2D eigenvalue weighted by Crippen LogP contribution is 2.11. The van der Waals surface area contributed by atoms with Crippen LogP contribution in [0.4, 0.5) is 14.6 Å². The van der Waals surface area contributed by atoms with Crippen molar-refractivity contribution in [3.05, 3.63) is 59.3 Å². The highest BCUT2D eigenvalue weighted by molar-refractivity contribution is 5.94. The van der Waals surface area contributed by atoms with Crippen LogP contribution >= 0.6 is 0 Å². The molecule has 0 spiro atoms. The molecule has 1 N–H and O–H groups in total. The molecule has 2 aromatic rings. The highest BCUT2D eigenvalue weighted by Gasteiger charge is 2.09. The molecule has 0 fully saturated rings. The molecule has 0 radical (unpaired) electrons. The molecule has 6 heteroatoms. The summed E-state index contributed by atoms with van der Waals surface area (Å²) >= 11 is 0. The molecule has 0 saturated carbocycles. The van der Waals surface area contributed by atoms with E-state index in [0.717, 1.165) is 29.6 Å².